The first-order valence-corrected chi connectivity index (χ1v) is 12.6. The van der Waals surface area contributed by atoms with Crippen molar-refractivity contribution in [2.75, 3.05) is 19.1 Å². The third-order valence-electron chi connectivity index (χ3n) is 8.23. The van der Waals surface area contributed by atoms with E-state index in [-0.39, 0.29) is 29.9 Å². The van der Waals surface area contributed by atoms with Crippen LogP contribution in [0.1, 0.15) is 54.9 Å². The fraction of sp³-hybridized carbons (Fsp3) is 0.333. The highest BCUT2D eigenvalue weighted by molar-refractivity contribution is 5.97. The van der Waals surface area contributed by atoms with E-state index in [4.69, 9.17) is 9.47 Å². The summed E-state index contributed by atoms with van der Waals surface area (Å²) in [5.41, 5.74) is 0.893. The summed E-state index contributed by atoms with van der Waals surface area (Å²) in [7, 11) is 2.73. The van der Waals surface area contributed by atoms with Crippen molar-refractivity contribution in [3.05, 3.63) is 82.3 Å². The molecule has 2 aromatic rings. The van der Waals surface area contributed by atoms with Crippen molar-refractivity contribution in [1.82, 2.24) is 0 Å². The molecule has 0 amide bonds. The Balaban J connectivity index is 1.90. The standard InChI is InChI=1S/C30H28F2N2O5/c1-29-12-9-21(32)26(35)25(29)24(17-5-7-19(28(36)37)22(15-17)38-2)27(30(13-14-33)10-4-11-30)34(29)18-6-8-20(31)23(16-18)39-3/h5-9,15-16,35H,4,10-13H2,1-3H3,(H,36,37). The molecule has 0 saturated heterocycles. The van der Waals surface area contributed by atoms with Crippen LogP contribution >= 0.6 is 0 Å². The fourth-order valence-corrected chi connectivity index (χ4v) is 6.19. The second-order valence-corrected chi connectivity index (χ2v) is 10.3. The number of nitriles is 1. The van der Waals surface area contributed by atoms with E-state index in [0.717, 1.165) is 6.42 Å². The highest BCUT2D eigenvalue weighted by atomic mass is 19.1. The van der Waals surface area contributed by atoms with E-state index in [1.54, 1.807) is 24.3 Å². The quantitative estimate of drug-likeness (QED) is 0.408. The van der Waals surface area contributed by atoms with Gasteiger partial charge in [-0.05, 0) is 62.1 Å². The summed E-state index contributed by atoms with van der Waals surface area (Å²) in [6.45, 7) is 1.87. The molecule has 0 spiro atoms. The molecule has 1 atom stereocenters. The fourth-order valence-electron chi connectivity index (χ4n) is 6.19. The Bertz CT molecular complexity index is 1520. The molecular formula is C30H28F2N2O5. The van der Waals surface area contributed by atoms with Crippen LogP contribution < -0.4 is 14.4 Å². The number of hydrogen-bond acceptors (Lipinski definition) is 6. The van der Waals surface area contributed by atoms with E-state index in [9.17, 15) is 24.7 Å². The van der Waals surface area contributed by atoms with Crippen LogP contribution in [0.4, 0.5) is 14.5 Å². The van der Waals surface area contributed by atoms with Crippen LogP contribution in [-0.2, 0) is 0 Å². The molecule has 1 unspecified atom stereocenters. The van der Waals surface area contributed by atoms with Gasteiger partial charge in [0.15, 0.2) is 23.2 Å². The average Bonchev–Trinajstić information content (AvgIpc) is 3.18. The van der Waals surface area contributed by atoms with Crippen molar-refractivity contribution in [2.24, 2.45) is 5.41 Å². The molecule has 0 radical (unpaired) electrons. The maximum Gasteiger partial charge on any atom is 0.339 e. The van der Waals surface area contributed by atoms with E-state index < -0.39 is 34.3 Å². The zero-order chi connectivity index (χ0) is 28.1. The zero-order valence-corrected chi connectivity index (χ0v) is 21.8. The van der Waals surface area contributed by atoms with E-state index in [1.807, 2.05) is 11.8 Å². The lowest BCUT2D eigenvalue weighted by Crippen LogP contribution is -2.49. The SMILES string of the molecule is COc1cc(N2C(C3(CC#N)CCC3)=C(c3ccc(C(=O)O)c(OC)c3)C3=C(O)C(F)=CCC32C)ccc1F. The number of aromatic carboxylic acids is 1. The molecule has 1 fully saturated rings. The highest BCUT2D eigenvalue weighted by Crippen LogP contribution is 2.63. The van der Waals surface area contributed by atoms with Crippen molar-refractivity contribution in [1.29, 1.82) is 5.26 Å². The van der Waals surface area contributed by atoms with Gasteiger partial charge in [0, 0.05) is 40.4 Å². The van der Waals surface area contributed by atoms with Gasteiger partial charge in [0.2, 0.25) is 0 Å². The van der Waals surface area contributed by atoms with E-state index >= 15 is 4.39 Å². The summed E-state index contributed by atoms with van der Waals surface area (Å²) in [6, 6.07) is 11.3. The Morgan fingerprint density at radius 3 is 2.44 bits per heavy atom. The number of benzene rings is 2. The number of carbonyl (C=O) groups is 1. The smallest absolute Gasteiger partial charge is 0.339 e. The molecule has 1 aliphatic heterocycles. The molecule has 7 nitrogen and oxygen atoms in total. The summed E-state index contributed by atoms with van der Waals surface area (Å²) >= 11 is 0. The molecule has 202 valence electrons. The predicted octanol–water partition coefficient (Wildman–Crippen LogP) is 6.68. The van der Waals surface area contributed by atoms with Gasteiger partial charge in [0.1, 0.15) is 11.3 Å². The number of fused-ring (bicyclic) bond motifs is 1. The molecule has 2 aromatic carbocycles. The number of carboxylic acids is 1. The number of anilines is 1. The number of halogens is 2. The molecule has 0 aromatic heterocycles. The second-order valence-electron chi connectivity index (χ2n) is 10.3. The largest absolute Gasteiger partial charge is 0.505 e. The van der Waals surface area contributed by atoms with Crippen LogP contribution in [0.2, 0.25) is 0 Å². The monoisotopic (exact) mass is 534 g/mol. The molecule has 39 heavy (non-hydrogen) atoms. The summed E-state index contributed by atoms with van der Waals surface area (Å²) in [5, 5.41) is 30.7. The first-order chi connectivity index (χ1) is 18.6. The van der Waals surface area contributed by atoms with E-state index in [0.29, 0.717) is 40.9 Å². The van der Waals surface area contributed by atoms with Gasteiger partial charge < -0.3 is 24.6 Å². The Labute approximate surface area is 224 Å². The summed E-state index contributed by atoms with van der Waals surface area (Å²) in [4.78, 5) is 13.8. The molecule has 3 aliphatic rings. The van der Waals surface area contributed by atoms with Crippen LogP contribution in [0.3, 0.4) is 0 Å². The van der Waals surface area contributed by atoms with Crippen molar-refractivity contribution >= 4 is 17.2 Å². The Kier molecular flexibility index (Phi) is 6.37. The molecule has 2 aliphatic carbocycles. The number of aliphatic hydroxyl groups excluding tert-OH is 1. The van der Waals surface area contributed by atoms with Crippen molar-refractivity contribution in [3.8, 4) is 17.6 Å². The van der Waals surface area contributed by atoms with Gasteiger partial charge in [-0.25, -0.2) is 13.6 Å². The minimum atomic E-state index is -1.17. The molecular weight excluding hydrogens is 506 g/mol. The number of rotatable bonds is 7. The molecule has 2 N–H and O–H groups in total. The lowest BCUT2D eigenvalue weighted by molar-refractivity contribution is 0.0693. The van der Waals surface area contributed by atoms with Gasteiger partial charge in [0.05, 0.1) is 25.8 Å². The Hall–Kier alpha value is -4.32. The third kappa shape index (κ3) is 3.85. The van der Waals surface area contributed by atoms with Gasteiger partial charge in [-0.2, -0.15) is 5.26 Å². The van der Waals surface area contributed by atoms with Crippen LogP contribution in [-0.4, -0.2) is 35.9 Å². The van der Waals surface area contributed by atoms with Crippen LogP contribution in [0.5, 0.6) is 11.5 Å². The maximum absolute atomic E-state index is 15.0. The number of ether oxygens (including phenoxy) is 2. The first-order valence-electron chi connectivity index (χ1n) is 12.6. The molecule has 1 heterocycles. The van der Waals surface area contributed by atoms with Crippen molar-refractivity contribution in [2.45, 2.75) is 44.6 Å². The highest BCUT2D eigenvalue weighted by Gasteiger charge is 2.57. The van der Waals surface area contributed by atoms with Crippen molar-refractivity contribution < 1.29 is 33.3 Å². The van der Waals surface area contributed by atoms with Crippen molar-refractivity contribution in [3.63, 3.8) is 0 Å². The molecule has 9 heteroatoms. The van der Waals surface area contributed by atoms with Crippen LogP contribution in [0, 0.1) is 22.6 Å². The van der Waals surface area contributed by atoms with Gasteiger partial charge in [0.25, 0.3) is 0 Å². The second kappa shape index (κ2) is 9.45. The lowest BCUT2D eigenvalue weighted by atomic mass is 9.63. The Morgan fingerprint density at radius 2 is 1.85 bits per heavy atom. The van der Waals surface area contributed by atoms with Gasteiger partial charge in [-0.1, -0.05) is 12.5 Å². The number of carboxylic acid groups (broad SMARTS) is 1. The van der Waals surface area contributed by atoms with E-state index in [2.05, 4.69) is 6.07 Å². The third-order valence-corrected chi connectivity index (χ3v) is 8.23. The van der Waals surface area contributed by atoms with Crippen LogP contribution in [0.25, 0.3) is 5.57 Å². The molecule has 5 rings (SSSR count). The number of hydrogen-bond donors (Lipinski definition) is 2. The van der Waals surface area contributed by atoms with Gasteiger partial charge in [-0.3, -0.25) is 0 Å². The molecule has 0 bridgehead atoms. The first kappa shape index (κ1) is 26.3. The normalized spacial score (nSPS) is 21.6. The summed E-state index contributed by atoms with van der Waals surface area (Å²) in [5.74, 6) is -2.89. The maximum atomic E-state index is 15.0. The van der Waals surface area contributed by atoms with Crippen LogP contribution in [0.15, 0.2) is 65.3 Å². The predicted molar refractivity (Wildman–Crippen MR) is 141 cm³/mol. The van der Waals surface area contributed by atoms with Gasteiger partial charge in [-0.15, -0.1) is 0 Å². The summed E-state index contributed by atoms with van der Waals surface area (Å²) in [6.07, 6.45) is 3.90. The number of allylic oxidation sites excluding steroid dienone is 2. The molecule has 1 saturated carbocycles. The number of aliphatic hydroxyl groups is 1. The minimum Gasteiger partial charge on any atom is -0.505 e. The number of methoxy groups -OCH3 is 2. The number of nitrogens with zero attached hydrogens (tertiary/aromatic N) is 2. The topological polar surface area (TPSA) is 103 Å². The Morgan fingerprint density at radius 1 is 1.13 bits per heavy atom. The summed E-state index contributed by atoms with van der Waals surface area (Å²) < 4.78 is 40.2. The lowest BCUT2D eigenvalue weighted by Gasteiger charge is -2.49. The van der Waals surface area contributed by atoms with Gasteiger partial charge >= 0.3 is 5.97 Å². The average molecular weight is 535 g/mol. The van der Waals surface area contributed by atoms with E-state index in [1.165, 1.54) is 32.4 Å². The zero-order valence-electron chi connectivity index (χ0n) is 21.8. The minimum absolute atomic E-state index is 0.0200.